The number of hydrogen-bond donors (Lipinski definition) is 1. The van der Waals surface area contributed by atoms with Crippen molar-refractivity contribution in [2.45, 2.75) is 50.9 Å². The first-order valence-corrected chi connectivity index (χ1v) is 7.70. The van der Waals surface area contributed by atoms with Crippen molar-refractivity contribution in [1.29, 1.82) is 0 Å². The van der Waals surface area contributed by atoms with E-state index >= 15 is 0 Å². The third kappa shape index (κ3) is 2.70. The van der Waals surface area contributed by atoms with Gasteiger partial charge in [0.2, 0.25) is 5.91 Å². The van der Waals surface area contributed by atoms with Gasteiger partial charge in [0.05, 0.1) is 12.2 Å². The molecule has 4 atom stereocenters. The van der Waals surface area contributed by atoms with Gasteiger partial charge in [0, 0.05) is 23.9 Å². The number of fused-ring (bicyclic) bond motifs is 1. The van der Waals surface area contributed by atoms with Gasteiger partial charge in [-0.1, -0.05) is 36.2 Å². The molecule has 2 fully saturated rings. The van der Waals surface area contributed by atoms with Crippen molar-refractivity contribution in [3.63, 3.8) is 0 Å². The zero-order chi connectivity index (χ0) is 14.1. The number of rotatable bonds is 2. The van der Waals surface area contributed by atoms with Crippen LogP contribution in [0, 0.1) is 5.92 Å². The van der Waals surface area contributed by atoms with Crippen LogP contribution in [0.25, 0.3) is 0 Å². The fourth-order valence-electron chi connectivity index (χ4n) is 3.62. The molecule has 2 aliphatic rings. The third-order valence-electron chi connectivity index (χ3n) is 4.47. The summed E-state index contributed by atoms with van der Waals surface area (Å²) in [6.45, 7) is 1.59. The van der Waals surface area contributed by atoms with E-state index in [0.29, 0.717) is 5.92 Å². The first-order valence-electron chi connectivity index (χ1n) is 7.32. The Morgan fingerprint density at radius 1 is 1.35 bits per heavy atom. The molecule has 1 aromatic rings. The molecule has 1 amide bonds. The van der Waals surface area contributed by atoms with Crippen LogP contribution in [0.4, 0.5) is 0 Å². The van der Waals surface area contributed by atoms with Gasteiger partial charge in [-0.25, -0.2) is 0 Å². The molecular formula is C16H20ClNO2. The van der Waals surface area contributed by atoms with Gasteiger partial charge in [-0.05, 0) is 30.9 Å². The SMILES string of the molecule is CC(=O)N[C@@H]1C[C@H](c2ccccc2Cl)O[C@@H]2CCC[C@@H]12. The predicted octanol–water partition coefficient (Wildman–Crippen LogP) is 3.47. The van der Waals surface area contributed by atoms with Gasteiger partial charge in [0.25, 0.3) is 0 Å². The molecule has 1 N–H and O–H groups in total. The summed E-state index contributed by atoms with van der Waals surface area (Å²) in [6, 6.07) is 8.04. The summed E-state index contributed by atoms with van der Waals surface area (Å²) in [6.07, 6.45) is 4.46. The normalized spacial score (nSPS) is 32.7. The lowest BCUT2D eigenvalue weighted by Crippen LogP contribution is -2.47. The van der Waals surface area contributed by atoms with Crippen molar-refractivity contribution in [3.05, 3.63) is 34.9 Å². The fourth-order valence-corrected chi connectivity index (χ4v) is 3.88. The molecular weight excluding hydrogens is 274 g/mol. The van der Waals surface area contributed by atoms with E-state index in [1.165, 1.54) is 6.42 Å². The smallest absolute Gasteiger partial charge is 0.217 e. The Morgan fingerprint density at radius 2 is 2.15 bits per heavy atom. The third-order valence-corrected chi connectivity index (χ3v) is 4.81. The Hall–Kier alpha value is -1.06. The van der Waals surface area contributed by atoms with Crippen molar-refractivity contribution in [2.24, 2.45) is 5.92 Å². The van der Waals surface area contributed by atoms with Crippen LogP contribution in [0.2, 0.25) is 5.02 Å². The summed E-state index contributed by atoms with van der Waals surface area (Å²) >= 11 is 6.29. The second kappa shape index (κ2) is 5.74. The van der Waals surface area contributed by atoms with E-state index in [4.69, 9.17) is 16.3 Å². The van der Waals surface area contributed by atoms with Gasteiger partial charge in [-0.3, -0.25) is 4.79 Å². The summed E-state index contributed by atoms with van der Waals surface area (Å²) < 4.78 is 6.25. The van der Waals surface area contributed by atoms with Crippen LogP contribution in [0.5, 0.6) is 0 Å². The Kier molecular flexibility index (Phi) is 3.99. The molecule has 1 aromatic carbocycles. The Balaban J connectivity index is 1.83. The molecule has 3 nitrogen and oxygen atoms in total. The number of ether oxygens (including phenoxy) is 1. The second-order valence-corrected chi connectivity index (χ2v) is 6.23. The number of nitrogens with one attached hydrogen (secondary N) is 1. The van der Waals surface area contributed by atoms with E-state index in [9.17, 15) is 4.79 Å². The van der Waals surface area contributed by atoms with E-state index < -0.39 is 0 Å². The average molecular weight is 294 g/mol. The molecule has 1 saturated carbocycles. The van der Waals surface area contributed by atoms with Crippen LogP contribution in [0.3, 0.4) is 0 Å². The van der Waals surface area contributed by atoms with E-state index in [1.54, 1.807) is 6.92 Å². The molecule has 20 heavy (non-hydrogen) atoms. The predicted molar refractivity (Wildman–Crippen MR) is 78.6 cm³/mol. The second-order valence-electron chi connectivity index (χ2n) is 5.82. The molecule has 0 bridgehead atoms. The lowest BCUT2D eigenvalue weighted by molar-refractivity contribution is -0.124. The summed E-state index contributed by atoms with van der Waals surface area (Å²) in [5.74, 6) is 0.498. The topological polar surface area (TPSA) is 38.3 Å². The van der Waals surface area contributed by atoms with E-state index in [1.807, 2.05) is 24.3 Å². The summed E-state index contributed by atoms with van der Waals surface area (Å²) in [7, 11) is 0. The Morgan fingerprint density at radius 3 is 2.90 bits per heavy atom. The number of amides is 1. The van der Waals surface area contributed by atoms with Crippen LogP contribution >= 0.6 is 11.6 Å². The molecule has 0 unspecified atom stereocenters. The van der Waals surface area contributed by atoms with Gasteiger partial charge in [0.15, 0.2) is 0 Å². The maximum Gasteiger partial charge on any atom is 0.217 e. The van der Waals surface area contributed by atoms with Gasteiger partial charge in [-0.2, -0.15) is 0 Å². The summed E-state index contributed by atoms with van der Waals surface area (Å²) in [5, 5.41) is 3.86. The lowest BCUT2D eigenvalue weighted by atomic mass is 9.86. The minimum Gasteiger partial charge on any atom is -0.370 e. The molecule has 1 saturated heterocycles. The largest absolute Gasteiger partial charge is 0.370 e. The average Bonchev–Trinajstić information content (AvgIpc) is 2.87. The van der Waals surface area contributed by atoms with Gasteiger partial charge >= 0.3 is 0 Å². The van der Waals surface area contributed by atoms with Crippen molar-refractivity contribution in [2.75, 3.05) is 0 Å². The Labute approximate surface area is 124 Å². The molecule has 108 valence electrons. The standard InChI is InChI=1S/C16H20ClNO2/c1-10(19)18-14-9-16(11-5-2-3-7-13(11)17)20-15-8-4-6-12(14)15/h2-3,5,7,12,14-16H,4,6,8-9H2,1H3,(H,18,19)/t12-,14+,15+,16+/m0/s1. The van der Waals surface area contributed by atoms with E-state index in [0.717, 1.165) is 29.8 Å². The highest BCUT2D eigenvalue weighted by Gasteiger charge is 2.42. The van der Waals surface area contributed by atoms with Crippen LogP contribution in [0.1, 0.15) is 44.3 Å². The molecule has 1 aliphatic heterocycles. The molecule has 4 heteroatoms. The maximum absolute atomic E-state index is 11.4. The molecule has 0 spiro atoms. The van der Waals surface area contributed by atoms with Crippen molar-refractivity contribution in [3.8, 4) is 0 Å². The van der Waals surface area contributed by atoms with Gasteiger partial charge in [-0.15, -0.1) is 0 Å². The molecule has 1 heterocycles. The van der Waals surface area contributed by atoms with Gasteiger partial charge < -0.3 is 10.1 Å². The van der Waals surface area contributed by atoms with Crippen LogP contribution in [-0.4, -0.2) is 18.1 Å². The minimum atomic E-state index is -0.0140. The highest BCUT2D eigenvalue weighted by Crippen LogP contribution is 2.43. The van der Waals surface area contributed by atoms with Crippen molar-refractivity contribution in [1.82, 2.24) is 5.32 Å². The van der Waals surface area contributed by atoms with E-state index in [-0.39, 0.29) is 24.2 Å². The molecule has 1 aliphatic carbocycles. The lowest BCUT2D eigenvalue weighted by Gasteiger charge is -2.39. The minimum absolute atomic E-state index is 0.0140. The molecule has 0 aromatic heterocycles. The summed E-state index contributed by atoms with van der Waals surface area (Å²) in [5.41, 5.74) is 1.04. The zero-order valence-corrected chi connectivity index (χ0v) is 12.4. The molecule has 0 radical (unpaired) electrons. The first-order chi connectivity index (χ1) is 9.65. The van der Waals surface area contributed by atoms with Crippen molar-refractivity contribution < 1.29 is 9.53 Å². The highest BCUT2D eigenvalue weighted by molar-refractivity contribution is 6.31. The highest BCUT2D eigenvalue weighted by atomic mass is 35.5. The monoisotopic (exact) mass is 293 g/mol. The van der Waals surface area contributed by atoms with E-state index in [2.05, 4.69) is 5.32 Å². The number of benzene rings is 1. The summed E-state index contributed by atoms with van der Waals surface area (Å²) in [4.78, 5) is 11.4. The van der Waals surface area contributed by atoms with Gasteiger partial charge in [0.1, 0.15) is 0 Å². The number of halogens is 1. The van der Waals surface area contributed by atoms with Crippen LogP contribution in [0.15, 0.2) is 24.3 Å². The molecule has 3 rings (SSSR count). The fraction of sp³-hybridized carbons (Fsp3) is 0.562. The first kappa shape index (κ1) is 13.9. The quantitative estimate of drug-likeness (QED) is 0.906. The van der Waals surface area contributed by atoms with Crippen LogP contribution < -0.4 is 5.32 Å². The van der Waals surface area contributed by atoms with Crippen LogP contribution in [-0.2, 0) is 9.53 Å². The zero-order valence-electron chi connectivity index (χ0n) is 11.6. The maximum atomic E-state index is 11.4. The van der Waals surface area contributed by atoms with Crippen molar-refractivity contribution >= 4 is 17.5 Å². The number of hydrogen-bond acceptors (Lipinski definition) is 2. The number of carbonyl (C=O) groups is 1. The number of carbonyl (C=O) groups excluding carboxylic acids is 1. The Bertz CT molecular complexity index is 505.